The molecule has 1 unspecified atom stereocenters. The number of phenolic OH excluding ortho intramolecular Hbond substituents is 1. The van der Waals surface area contributed by atoms with E-state index in [1.54, 1.807) is 38.1 Å². The fourth-order valence-electron chi connectivity index (χ4n) is 4.70. The second-order valence-corrected chi connectivity index (χ2v) is 10.0. The number of hydrogen-bond donors (Lipinski definition) is 3. The Hall–Kier alpha value is -3.16. The molecular formula is C27H26ClF2NO4. The van der Waals surface area contributed by atoms with Crippen LogP contribution in [0.15, 0.2) is 54.6 Å². The molecule has 0 amide bonds. The molecule has 8 heteroatoms. The van der Waals surface area contributed by atoms with E-state index in [9.17, 15) is 23.8 Å². The summed E-state index contributed by atoms with van der Waals surface area (Å²) >= 11 is 6.26. The number of rotatable bonds is 8. The van der Waals surface area contributed by atoms with Gasteiger partial charge in [0, 0.05) is 40.4 Å². The molecule has 4 rings (SSSR count). The Kier molecular flexibility index (Phi) is 6.75. The summed E-state index contributed by atoms with van der Waals surface area (Å²) in [6, 6.07) is 13.1. The number of aromatic hydroxyl groups is 1. The minimum atomic E-state index is -1.56. The maximum Gasteiger partial charge on any atom is 0.338 e. The molecule has 0 bridgehead atoms. The first-order valence-electron chi connectivity index (χ1n) is 11.2. The molecule has 0 radical (unpaired) electrons. The van der Waals surface area contributed by atoms with Crippen molar-refractivity contribution >= 4 is 23.3 Å². The largest absolute Gasteiger partial charge is 0.508 e. The minimum Gasteiger partial charge on any atom is -0.508 e. The Balaban J connectivity index is 1.65. The Bertz CT molecular complexity index is 1260. The number of esters is 1. The van der Waals surface area contributed by atoms with E-state index in [1.165, 1.54) is 24.3 Å². The molecule has 1 aliphatic heterocycles. The van der Waals surface area contributed by atoms with Crippen LogP contribution in [0, 0.1) is 11.6 Å². The average molecular weight is 502 g/mol. The Labute approximate surface area is 207 Å². The molecule has 1 heterocycles. The van der Waals surface area contributed by atoms with E-state index in [2.05, 4.69) is 5.32 Å². The number of aliphatic hydroxyl groups is 1. The van der Waals surface area contributed by atoms with Crippen molar-refractivity contribution in [3.63, 3.8) is 0 Å². The standard InChI is InChI=1S/C27H26ClF2NO4/c1-26(2,21-11-17(29)6-9-24(21)32)14-27(34,12-20-22(28)4-3-5-23(20)30)15-31-18-7-8-19-16(10-18)13-35-25(19)33/h3-11,31-32,34H,12-15H2,1-2H3. The highest BCUT2D eigenvalue weighted by Gasteiger charge is 2.38. The molecule has 35 heavy (non-hydrogen) atoms. The van der Waals surface area contributed by atoms with E-state index >= 15 is 0 Å². The van der Waals surface area contributed by atoms with E-state index in [4.69, 9.17) is 16.3 Å². The number of nitrogens with one attached hydrogen (secondary N) is 1. The number of anilines is 1. The number of ether oxygens (including phenoxy) is 1. The van der Waals surface area contributed by atoms with Crippen LogP contribution in [0.25, 0.3) is 0 Å². The molecule has 3 aromatic carbocycles. The Morgan fingerprint density at radius 3 is 2.63 bits per heavy atom. The topological polar surface area (TPSA) is 78.8 Å². The molecule has 0 spiro atoms. The van der Waals surface area contributed by atoms with Crippen molar-refractivity contribution in [1.82, 2.24) is 0 Å². The van der Waals surface area contributed by atoms with Gasteiger partial charge in [-0.05, 0) is 60.4 Å². The fourth-order valence-corrected chi connectivity index (χ4v) is 4.93. The monoisotopic (exact) mass is 501 g/mol. The second kappa shape index (κ2) is 9.47. The van der Waals surface area contributed by atoms with E-state index in [1.807, 2.05) is 0 Å². The quantitative estimate of drug-likeness (QED) is 0.343. The summed E-state index contributed by atoms with van der Waals surface area (Å²) in [5, 5.41) is 25.6. The smallest absolute Gasteiger partial charge is 0.338 e. The maximum atomic E-state index is 14.7. The summed E-state index contributed by atoms with van der Waals surface area (Å²) in [6.45, 7) is 3.71. The van der Waals surface area contributed by atoms with Crippen LogP contribution in [0.3, 0.4) is 0 Å². The lowest BCUT2D eigenvalue weighted by atomic mass is 9.73. The number of carbonyl (C=O) groups excluding carboxylic acids is 1. The molecule has 184 valence electrons. The predicted octanol–water partition coefficient (Wildman–Crippen LogP) is 5.75. The first-order chi connectivity index (χ1) is 16.5. The van der Waals surface area contributed by atoms with Gasteiger partial charge >= 0.3 is 5.97 Å². The lowest BCUT2D eigenvalue weighted by Crippen LogP contribution is -2.44. The van der Waals surface area contributed by atoms with Crippen LogP contribution in [-0.2, 0) is 23.2 Å². The number of phenols is 1. The highest BCUT2D eigenvalue weighted by Crippen LogP contribution is 2.40. The summed E-state index contributed by atoms with van der Waals surface area (Å²) in [5.74, 6) is -1.54. The zero-order chi connectivity index (χ0) is 25.4. The number of benzene rings is 3. The van der Waals surface area contributed by atoms with Gasteiger partial charge in [-0.15, -0.1) is 0 Å². The van der Waals surface area contributed by atoms with Crippen molar-refractivity contribution in [2.45, 2.75) is 44.3 Å². The average Bonchev–Trinajstić information content (AvgIpc) is 3.16. The van der Waals surface area contributed by atoms with Crippen molar-refractivity contribution in [3.8, 4) is 5.75 Å². The van der Waals surface area contributed by atoms with Gasteiger partial charge in [0.15, 0.2) is 0 Å². The summed E-state index contributed by atoms with van der Waals surface area (Å²) < 4.78 is 33.7. The molecule has 0 fully saturated rings. The summed E-state index contributed by atoms with van der Waals surface area (Å²) in [6.07, 6.45) is -0.0846. The Morgan fingerprint density at radius 1 is 1.11 bits per heavy atom. The molecule has 5 nitrogen and oxygen atoms in total. The molecule has 1 atom stereocenters. The van der Waals surface area contributed by atoms with Crippen molar-refractivity contribution in [3.05, 3.63) is 93.5 Å². The third-order valence-electron chi connectivity index (χ3n) is 6.33. The van der Waals surface area contributed by atoms with Crippen molar-refractivity contribution in [1.29, 1.82) is 0 Å². The Morgan fingerprint density at radius 2 is 1.89 bits per heavy atom. The highest BCUT2D eigenvalue weighted by molar-refractivity contribution is 6.31. The van der Waals surface area contributed by atoms with Gasteiger partial charge < -0.3 is 20.3 Å². The zero-order valence-electron chi connectivity index (χ0n) is 19.4. The third kappa shape index (κ3) is 5.41. The van der Waals surface area contributed by atoms with E-state index < -0.39 is 22.7 Å². The molecule has 0 saturated heterocycles. The SMILES string of the molecule is CC(C)(CC(O)(CNc1ccc2c(c1)COC2=O)Cc1c(F)cccc1Cl)c1cc(F)ccc1O. The van der Waals surface area contributed by atoms with Gasteiger partial charge in [0.25, 0.3) is 0 Å². The number of halogens is 3. The number of carbonyl (C=O) groups is 1. The van der Waals surface area contributed by atoms with Gasteiger partial charge in [-0.2, -0.15) is 0 Å². The van der Waals surface area contributed by atoms with Crippen LogP contribution < -0.4 is 5.32 Å². The van der Waals surface area contributed by atoms with Crippen LogP contribution in [0.2, 0.25) is 5.02 Å². The molecule has 3 aromatic rings. The third-order valence-corrected chi connectivity index (χ3v) is 6.69. The lowest BCUT2D eigenvalue weighted by Gasteiger charge is -2.38. The van der Waals surface area contributed by atoms with Gasteiger partial charge in [-0.25, -0.2) is 13.6 Å². The van der Waals surface area contributed by atoms with Crippen molar-refractivity contribution in [2.24, 2.45) is 0 Å². The van der Waals surface area contributed by atoms with Crippen LogP contribution in [-0.4, -0.2) is 28.3 Å². The highest BCUT2D eigenvalue weighted by atomic mass is 35.5. The molecule has 0 saturated carbocycles. The zero-order valence-corrected chi connectivity index (χ0v) is 20.1. The van der Waals surface area contributed by atoms with E-state index in [0.717, 1.165) is 11.6 Å². The molecule has 1 aliphatic rings. The summed E-state index contributed by atoms with van der Waals surface area (Å²) in [7, 11) is 0. The first kappa shape index (κ1) is 24.9. The molecule has 3 N–H and O–H groups in total. The van der Waals surface area contributed by atoms with Crippen molar-refractivity contribution < 1.29 is 28.5 Å². The van der Waals surface area contributed by atoms with Gasteiger partial charge in [-0.3, -0.25) is 0 Å². The maximum absolute atomic E-state index is 14.7. The van der Waals surface area contributed by atoms with E-state index in [-0.39, 0.29) is 48.3 Å². The summed E-state index contributed by atoms with van der Waals surface area (Å²) in [4.78, 5) is 11.7. The lowest BCUT2D eigenvalue weighted by molar-refractivity contribution is 0.0246. The fraction of sp³-hybridized carbons (Fsp3) is 0.296. The van der Waals surface area contributed by atoms with Crippen molar-refractivity contribution in [2.75, 3.05) is 11.9 Å². The van der Waals surface area contributed by atoms with E-state index in [0.29, 0.717) is 16.8 Å². The van der Waals surface area contributed by atoms with Crippen LogP contribution in [0.4, 0.5) is 14.5 Å². The number of cyclic esters (lactones) is 1. The minimum absolute atomic E-state index is 0.00917. The van der Waals surface area contributed by atoms with Gasteiger partial charge in [0.2, 0.25) is 0 Å². The van der Waals surface area contributed by atoms with Crippen LogP contribution >= 0.6 is 11.6 Å². The van der Waals surface area contributed by atoms with Gasteiger partial charge in [0.05, 0.1) is 11.2 Å². The van der Waals surface area contributed by atoms with Gasteiger partial charge in [-0.1, -0.05) is 31.5 Å². The number of hydrogen-bond acceptors (Lipinski definition) is 5. The predicted molar refractivity (Wildman–Crippen MR) is 130 cm³/mol. The molecule has 0 aromatic heterocycles. The van der Waals surface area contributed by atoms with Gasteiger partial charge in [0.1, 0.15) is 24.0 Å². The molecular weight excluding hydrogens is 476 g/mol. The second-order valence-electron chi connectivity index (χ2n) is 9.63. The molecule has 0 aliphatic carbocycles. The van der Waals surface area contributed by atoms with Crippen LogP contribution in [0.1, 0.15) is 47.3 Å². The first-order valence-corrected chi connectivity index (χ1v) is 11.5. The normalized spacial score (nSPS) is 14.9. The number of fused-ring (bicyclic) bond motifs is 1. The van der Waals surface area contributed by atoms with Crippen LogP contribution in [0.5, 0.6) is 5.75 Å². The summed E-state index contributed by atoms with van der Waals surface area (Å²) in [5.41, 5.74) is -0.101.